The monoisotopic (exact) mass is 355 g/mol. The van der Waals surface area contributed by atoms with Gasteiger partial charge in [0.25, 0.3) is 11.6 Å². The molecule has 0 bridgehead atoms. The first-order chi connectivity index (χ1) is 9.95. The van der Waals surface area contributed by atoms with Crippen molar-refractivity contribution in [1.29, 1.82) is 0 Å². The molecule has 2 amide bonds. The van der Waals surface area contributed by atoms with E-state index in [-0.39, 0.29) is 23.1 Å². The first-order valence-corrected chi connectivity index (χ1v) is 7.27. The smallest absolute Gasteiger partial charge is 0.270 e. The molecule has 0 spiro atoms. The van der Waals surface area contributed by atoms with Crippen LogP contribution in [0.25, 0.3) is 0 Å². The molecular weight excluding hydrogens is 342 g/mol. The van der Waals surface area contributed by atoms with E-state index in [9.17, 15) is 19.7 Å². The number of hydrogen-bond acceptors (Lipinski definition) is 4. The molecule has 2 rings (SSSR count). The van der Waals surface area contributed by atoms with Gasteiger partial charge in [-0.15, -0.1) is 0 Å². The highest BCUT2D eigenvalue weighted by Crippen LogP contribution is 2.25. The van der Waals surface area contributed by atoms with Gasteiger partial charge in [0, 0.05) is 29.7 Å². The van der Waals surface area contributed by atoms with E-state index in [1.54, 1.807) is 0 Å². The largest absolute Gasteiger partial charge is 0.353 e. The summed E-state index contributed by atoms with van der Waals surface area (Å²) >= 11 is 3.23. The van der Waals surface area contributed by atoms with Crippen LogP contribution in [0.3, 0.4) is 0 Å². The lowest BCUT2D eigenvalue weighted by molar-refractivity contribution is -0.384. The number of nitro benzene ring substituents is 1. The molecule has 1 fully saturated rings. The lowest BCUT2D eigenvalue weighted by Gasteiger charge is -2.34. The summed E-state index contributed by atoms with van der Waals surface area (Å²) < 4.78 is 0.471. The van der Waals surface area contributed by atoms with Gasteiger partial charge in [0.15, 0.2) is 0 Å². The number of piperazine rings is 1. The van der Waals surface area contributed by atoms with Crippen LogP contribution in [-0.4, -0.2) is 40.8 Å². The van der Waals surface area contributed by atoms with Gasteiger partial charge in [-0.25, -0.2) is 0 Å². The van der Waals surface area contributed by atoms with Gasteiger partial charge in [0.1, 0.15) is 6.04 Å². The number of nitrogens with one attached hydrogen (secondary N) is 1. The third-order valence-corrected chi connectivity index (χ3v) is 4.06. The number of carbonyl (C=O) groups is 2. The summed E-state index contributed by atoms with van der Waals surface area (Å²) in [5.41, 5.74) is 0.0356. The van der Waals surface area contributed by atoms with Crippen LogP contribution in [0.2, 0.25) is 0 Å². The molecule has 8 heteroatoms. The number of halogens is 1. The minimum Gasteiger partial charge on any atom is -0.353 e. The van der Waals surface area contributed by atoms with E-state index in [4.69, 9.17) is 0 Å². The molecule has 0 aromatic heterocycles. The van der Waals surface area contributed by atoms with Gasteiger partial charge in [0.2, 0.25) is 5.91 Å². The molecule has 1 aliphatic rings. The van der Waals surface area contributed by atoms with Gasteiger partial charge in [-0.3, -0.25) is 19.7 Å². The van der Waals surface area contributed by atoms with Crippen molar-refractivity contribution in [2.45, 2.75) is 19.4 Å². The lowest BCUT2D eigenvalue weighted by Crippen LogP contribution is -2.56. The topological polar surface area (TPSA) is 92.6 Å². The van der Waals surface area contributed by atoms with Crippen LogP contribution in [0.15, 0.2) is 22.7 Å². The Hall–Kier alpha value is -1.96. The fourth-order valence-corrected chi connectivity index (χ4v) is 2.73. The summed E-state index contributed by atoms with van der Waals surface area (Å²) in [5, 5.41) is 13.5. The number of amides is 2. The third kappa shape index (κ3) is 3.05. The predicted octanol–water partition coefficient (Wildman–Crippen LogP) is 1.71. The van der Waals surface area contributed by atoms with Crippen LogP contribution in [-0.2, 0) is 4.79 Å². The van der Waals surface area contributed by atoms with Crippen molar-refractivity contribution in [3.8, 4) is 0 Å². The number of non-ortho nitro benzene ring substituents is 1. The molecule has 1 aliphatic heterocycles. The average molecular weight is 356 g/mol. The maximum atomic E-state index is 12.6. The van der Waals surface area contributed by atoms with Gasteiger partial charge in [-0.1, -0.05) is 6.92 Å². The highest BCUT2D eigenvalue weighted by molar-refractivity contribution is 9.10. The zero-order chi connectivity index (χ0) is 15.6. The minimum absolute atomic E-state index is 0.156. The van der Waals surface area contributed by atoms with E-state index >= 15 is 0 Å². The number of nitro groups is 1. The van der Waals surface area contributed by atoms with Crippen LogP contribution < -0.4 is 5.32 Å². The van der Waals surface area contributed by atoms with Crippen molar-refractivity contribution in [3.05, 3.63) is 38.3 Å². The first kappa shape index (κ1) is 15.4. The van der Waals surface area contributed by atoms with Crippen molar-refractivity contribution in [2.24, 2.45) is 0 Å². The van der Waals surface area contributed by atoms with Crippen molar-refractivity contribution >= 4 is 33.4 Å². The van der Waals surface area contributed by atoms with Crippen molar-refractivity contribution in [1.82, 2.24) is 10.2 Å². The maximum Gasteiger partial charge on any atom is 0.270 e. The van der Waals surface area contributed by atoms with Crippen molar-refractivity contribution in [2.75, 3.05) is 13.1 Å². The Morgan fingerprint density at radius 1 is 1.57 bits per heavy atom. The van der Waals surface area contributed by atoms with Gasteiger partial charge in [0.05, 0.1) is 10.5 Å². The van der Waals surface area contributed by atoms with Gasteiger partial charge in [-0.05, 0) is 28.4 Å². The van der Waals surface area contributed by atoms with Crippen molar-refractivity contribution < 1.29 is 14.5 Å². The number of carbonyl (C=O) groups excluding carboxylic acids is 2. The molecular formula is C13H14BrN3O4. The SMILES string of the molecule is CCC1C(=O)NCCN1C(=O)c1cc([N+](=O)[O-])ccc1Br. The van der Waals surface area contributed by atoms with Crippen LogP contribution in [0.5, 0.6) is 0 Å². The summed E-state index contributed by atoms with van der Waals surface area (Å²) in [6.45, 7) is 2.59. The minimum atomic E-state index is -0.552. The van der Waals surface area contributed by atoms with Gasteiger partial charge < -0.3 is 10.2 Å². The van der Waals surface area contributed by atoms with E-state index in [2.05, 4.69) is 21.2 Å². The van der Waals surface area contributed by atoms with E-state index < -0.39 is 11.0 Å². The number of nitrogens with zero attached hydrogens (tertiary/aromatic N) is 2. The molecule has 1 atom stereocenters. The summed E-state index contributed by atoms with van der Waals surface area (Å²) in [4.78, 5) is 36.2. The Bertz CT molecular complexity index is 605. The highest BCUT2D eigenvalue weighted by Gasteiger charge is 2.33. The summed E-state index contributed by atoms with van der Waals surface area (Å²) in [6.07, 6.45) is 0.490. The van der Waals surface area contributed by atoms with Crippen molar-refractivity contribution in [3.63, 3.8) is 0 Å². The predicted molar refractivity (Wildman–Crippen MR) is 78.9 cm³/mol. The Morgan fingerprint density at radius 3 is 2.90 bits per heavy atom. The average Bonchev–Trinajstić information content (AvgIpc) is 2.46. The maximum absolute atomic E-state index is 12.6. The molecule has 1 N–H and O–H groups in total. The van der Waals surface area contributed by atoms with E-state index in [1.807, 2.05) is 6.92 Å². The van der Waals surface area contributed by atoms with E-state index in [1.165, 1.54) is 23.1 Å². The molecule has 0 saturated carbocycles. The van der Waals surface area contributed by atoms with E-state index in [0.717, 1.165) is 0 Å². The second kappa shape index (κ2) is 6.21. The van der Waals surface area contributed by atoms with Crippen LogP contribution in [0, 0.1) is 10.1 Å². The molecule has 7 nitrogen and oxygen atoms in total. The zero-order valence-corrected chi connectivity index (χ0v) is 12.9. The molecule has 1 heterocycles. The van der Waals surface area contributed by atoms with Gasteiger partial charge in [-0.2, -0.15) is 0 Å². The molecule has 0 aliphatic carbocycles. The van der Waals surface area contributed by atoms with Crippen LogP contribution >= 0.6 is 15.9 Å². The molecule has 0 radical (unpaired) electrons. The molecule has 112 valence electrons. The Balaban J connectivity index is 2.36. The fourth-order valence-electron chi connectivity index (χ4n) is 2.31. The Morgan fingerprint density at radius 2 is 2.29 bits per heavy atom. The fraction of sp³-hybridized carbons (Fsp3) is 0.385. The second-order valence-corrected chi connectivity index (χ2v) is 5.49. The first-order valence-electron chi connectivity index (χ1n) is 6.48. The third-order valence-electron chi connectivity index (χ3n) is 3.37. The summed E-state index contributed by atoms with van der Waals surface area (Å²) in [5.74, 6) is -0.578. The Kier molecular flexibility index (Phi) is 4.56. The lowest BCUT2D eigenvalue weighted by atomic mass is 10.1. The summed E-state index contributed by atoms with van der Waals surface area (Å²) in [6, 6.07) is 3.47. The number of benzene rings is 1. The normalized spacial score (nSPS) is 18.3. The quantitative estimate of drug-likeness (QED) is 0.659. The molecule has 1 aromatic carbocycles. The Labute approximate surface area is 129 Å². The summed E-state index contributed by atoms with van der Waals surface area (Å²) in [7, 11) is 0. The highest BCUT2D eigenvalue weighted by atomic mass is 79.9. The molecule has 21 heavy (non-hydrogen) atoms. The standard InChI is InChI=1S/C13H14BrN3O4/c1-2-11-12(18)15-5-6-16(11)13(19)9-7-8(17(20)21)3-4-10(9)14/h3-4,7,11H,2,5-6H2,1H3,(H,15,18). The molecule has 1 aromatic rings. The van der Waals surface area contributed by atoms with Crippen LogP contribution in [0.1, 0.15) is 23.7 Å². The number of hydrogen-bond donors (Lipinski definition) is 1. The second-order valence-electron chi connectivity index (χ2n) is 4.63. The zero-order valence-electron chi connectivity index (χ0n) is 11.3. The molecule has 1 saturated heterocycles. The van der Waals surface area contributed by atoms with Gasteiger partial charge >= 0.3 is 0 Å². The molecule has 1 unspecified atom stereocenters. The number of rotatable bonds is 3. The van der Waals surface area contributed by atoms with Crippen LogP contribution in [0.4, 0.5) is 5.69 Å². The van der Waals surface area contributed by atoms with E-state index in [0.29, 0.717) is 24.0 Å².